The summed E-state index contributed by atoms with van der Waals surface area (Å²) in [5, 5.41) is 20.8. The van der Waals surface area contributed by atoms with Gasteiger partial charge in [-0.05, 0) is 36.2 Å². The monoisotopic (exact) mass is 331 g/mol. The highest BCUT2D eigenvalue weighted by molar-refractivity contribution is 5.67. The van der Waals surface area contributed by atoms with Crippen molar-refractivity contribution in [3.8, 4) is 16.9 Å². The van der Waals surface area contributed by atoms with Gasteiger partial charge in [0.2, 0.25) is 0 Å². The largest absolute Gasteiger partial charge is 0.508 e. The summed E-state index contributed by atoms with van der Waals surface area (Å²) in [5.41, 5.74) is 5.11. The van der Waals surface area contributed by atoms with E-state index in [9.17, 15) is 10.2 Å². The van der Waals surface area contributed by atoms with Crippen LogP contribution in [0, 0.1) is 6.92 Å². The summed E-state index contributed by atoms with van der Waals surface area (Å²) in [6.45, 7) is 2.06. The molecule has 0 aliphatic carbocycles. The Labute approximate surface area is 147 Å². The van der Waals surface area contributed by atoms with E-state index in [1.54, 1.807) is 0 Å². The first-order valence-corrected chi connectivity index (χ1v) is 8.55. The van der Waals surface area contributed by atoms with Crippen molar-refractivity contribution < 1.29 is 10.2 Å². The number of aliphatic hydroxyl groups excluding tert-OH is 1. The Morgan fingerprint density at radius 1 is 0.880 bits per heavy atom. The van der Waals surface area contributed by atoms with Crippen LogP contribution in [0.25, 0.3) is 11.1 Å². The number of aromatic hydroxyl groups is 1. The standard InChI is InChI=1S/C22H21NO2/c1-15-7-9-16(10-8-15)17-11-12-19(21(24)13-17)20-14-22(25)23(20)18-5-3-2-4-6-18/h2-13,20,22,24-25H,14H2,1H3. The highest BCUT2D eigenvalue weighted by Gasteiger charge is 2.39. The van der Waals surface area contributed by atoms with E-state index in [0.29, 0.717) is 6.42 Å². The number of benzene rings is 3. The van der Waals surface area contributed by atoms with Crippen LogP contribution >= 0.6 is 0 Å². The third-order valence-electron chi connectivity index (χ3n) is 4.92. The minimum atomic E-state index is -0.511. The van der Waals surface area contributed by atoms with Crippen LogP contribution in [0.1, 0.15) is 23.6 Å². The minimum Gasteiger partial charge on any atom is -0.508 e. The Balaban J connectivity index is 1.64. The number of phenolic OH excluding ortho intramolecular Hbond substituents is 1. The van der Waals surface area contributed by atoms with Gasteiger partial charge in [-0.3, -0.25) is 0 Å². The summed E-state index contributed by atoms with van der Waals surface area (Å²) in [5.74, 6) is 0.274. The van der Waals surface area contributed by atoms with Gasteiger partial charge >= 0.3 is 0 Å². The third kappa shape index (κ3) is 2.87. The smallest absolute Gasteiger partial charge is 0.129 e. The van der Waals surface area contributed by atoms with Crippen LogP contribution in [0.4, 0.5) is 5.69 Å². The first kappa shape index (κ1) is 15.7. The first-order valence-electron chi connectivity index (χ1n) is 8.55. The fraction of sp³-hybridized carbons (Fsp3) is 0.182. The van der Waals surface area contributed by atoms with Crippen LogP contribution in [0.15, 0.2) is 72.8 Å². The van der Waals surface area contributed by atoms with Crippen molar-refractivity contribution >= 4 is 5.69 Å². The molecule has 0 amide bonds. The van der Waals surface area contributed by atoms with E-state index in [0.717, 1.165) is 22.4 Å². The van der Waals surface area contributed by atoms with Crippen LogP contribution in [0.3, 0.4) is 0 Å². The molecule has 0 bridgehead atoms. The molecule has 25 heavy (non-hydrogen) atoms. The predicted octanol–water partition coefficient (Wildman–Crippen LogP) is 4.64. The average Bonchev–Trinajstić information content (AvgIpc) is 2.61. The van der Waals surface area contributed by atoms with Crippen molar-refractivity contribution in [2.75, 3.05) is 4.90 Å². The highest BCUT2D eigenvalue weighted by Crippen LogP contribution is 2.44. The van der Waals surface area contributed by atoms with Gasteiger partial charge in [0.05, 0.1) is 6.04 Å². The molecule has 126 valence electrons. The number of anilines is 1. The molecule has 0 radical (unpaired) electrons. The quantitative estimate of drug-likeness (QED) is 0.735. The molecular weight excluding hydrogens is 310 g/mol. The Morgan fingerprint density at radius 2 is 1.56 bits per heavy atom. The van der Waals surface area contributed by atoms with Gasteiger partial charge in [-0.1, -0.05) is 60.2 Å². The fourth-order valence-electron chi connectivity index (χ4n) is 3.48. The Bertz CT molecular complexity index is 874. The number of aliphatic hydroxyl groups is 1. The molecule has 0 saturated carbocycles. The topological polar surface area (TPSA) is 43.7 Å². The summed E-state index contributed by atoms with van der Waals surface area (Å²) >= 11 is 0. The summed E-state index contributed by atoms with van der Waals surface area (Å²) in [4.78, 5) is 1.95. The zero-order valence-corrected chi connectivity index (χ0v) is 14.1. The van der Waals surface area contributed by atoms with Crippen molar-refractivity contribution in [1.82, 2.24) is 0 Å². The number of nitrogens with zero attached hydrogens (tertiary/aromatic N) is 1. The van der Waals surface area contributed by atoms with Gasteiger partial charge in [-0.2, -0.15) is 0 Å². The van der Waals surface area contributed by atoms with E-state index >= 15 is 0 Å². The SMILES string of the molecule is Cc1ccc(-c2ccc(C3CC(O)N3c3ccccc3)c(O)c2)cc1. The normalized spacial score (nSPS) is 19.5. The minimum absolute atomic E-state index is 0.00975. The molecule has 2 atom stereocenters. The maximum absolute atomic E-state index is 10.6. The number of para-hydroxylation sites is 1. The van der Waals surface area contributed by atoms with Gasteiger partial charge in [0, 0.05) is 17.7 Å². The van der Waals surface area contributed by atoms with E-state index in [1.807, 2.05) is 53.4 Å². The number of hydrogen-bond donors (Lipinski definition) is 2. The van der Waals surface area contributed by atoms with E-state index in [-0.39, 0.29) is 11.8 Å². The second kappa shape index (κ2) is 6.26. The molecule has 3 heteroatoms. The summed E-state index contributed by atoms with van der Waals surface area (Å²) < 4.78 is 0. The van der Waals surface area contributed by atoms with Crippen molar-refractivity contribution in [3.05, 3.63) is 83.9 Å². The van der Waals surface area contributed by atoms with Crippen molar-refractivity contribution in [1.29, 1.82) is 0 Å². The van der Waals surface area contributed by atoms with Gasteiger partial charge in [-0.25, -0.2) is 0 Å². The zero-order valence-electron chi connectivity index (χ0n) is 14.1. The predicted molar refractivity (Wildman–Crippen MR) is 101 cm³/mol. The van der Waals surface area contributed by atoms with Gasteiger partial charge in [0.15, 0.2) is 0 Å². The van der Waals surface area contributed by atoms with Crippen molar-refractivity contribution in [2.45, 2.75) is 25.6 Å². The van der Waals surface area contributed by atoms with Gasteiger partial charge in [-0.15, -0.1) is 0 Å². The molecule has 1 aliphatic rings. The lowest BCUT2D eigenvalue weighted by molar-refractivity contribution is 0.0775. The second-order valence-electron chi connectivity index (χ2n) is 6.61. The van der Waals surface area contributed by atoms with Gasteiger partial charge in [0.1, 0.15) is 12.0 Å². The average molecular weight is 331 g/mol. The maximum Gasteiger partial charge on any atom is 0.129 e. The molecule has 2 N–H and O–H groups in total. The number of hydrogen-bond acceptors (Lipinski definition) is 3. The molecule has 1 aliphatic heterocycles. The number of phenols is 1. The summed E-state index contributed by atoms with van der Waals surface area (Å²) in [6.07, 6.45) is 0.107. The molecule has 2 unspecified atom stereocenters. The van der Waals surface area contributed by atoms with Crippen LogP contribution < -0.4 is 4.90 Å². The molecule has 3 nitrogen and oxygen atoms in total. The van der Waals surface area contributed by atoms with Crippen LogP contribution in [0.5, 0.6) is 5.75 Å². The Kier molecular flexibility index (Phi) is 3.94. The lowest BCUT2D eigenvalue weighted by Gasteiger charge is -2.47. The van der Waals surface area contributed by atoms with E-state index < -0.39 is 6.23 Å². The van der Waals surface area contributed by atoms with Crippen molar-refractivity contribution in [2.24, 2.45) is 0 Å². The summed E-state index contributed by atoms with van der Waals surface area (Å²) in [6, 6.07) is 23.9. The molecule has 4 rings (SSSR count). The van der Waals surface area contributed by atoms with E-state index in [1.165, 1.54) is 5.56 Å². The first-order chi connectivity index (χ1) is 12.1. The van der Waals surface area contributed by atoms with Crippen LogP contribution in [-0.2, 0) is 0 Å². The Hall–Kier alpha value is -2.78. The lowest BCUT2D eigenvalue weighted by atomic mass is 9.90. The third-order valence-corrected chi connectivity index (χ3v) is 4.92. The molecule has 1 fully saturated rings. The molecule has 1 saturated heterocycles. The molecule has 1 heterocycles. The molecule has 3 aromatic carbocycles. The summed E-state index contributed by atoms with van der Waals surface area (Å²) in [7, 11) is 0. The van der Waals surface area contributed by atoms with Crippen LogP contribution in [-0.4, -0.2) is 16.4 Å². The number of rotatable bonds is 3. The lowest BCUT2D eigenvalue weighted by Crippen LogP contribution is -2.50. The molecular formula is C22H21NO2. The van der Waals surface area contributed by atoms with Gasteiger partial charge in [0.25, 0.3) is 0 Å². The molecule has 0 spiro atoms. The molecule has 0 aromatic heterocycles. The van der Waals surface area contributed by atoms with Gasteiger partial charge < -0.3 is 15.1 Å². The van der Waals surface area contributed by atoms with Crippen LogP contribution in [0.2, 0.25) is 0 Å². The fourth-order valence-corrected chi connectivity index (χ4v) is 3.48. The van der Waals surface area contributed by atoms with E-state index in [2.05, 4.69) is 31.2 Å². The highest BCUT2D eigenvalue weighted by atomic mass is 16.3. The van der Waals surface area contributed by atoms with Crippen molar-refractivity contribution in [3.63, 3.8) is 0 Å². The van der Waals surface area contributed by atoms with E-state index in [4.69, 9.17) is 0 Å². The zero-order chi connectivity index (χ0) is 17.4. The second-order valence-corrected chi connectivity index (χ2v) is 6.61. The Morgan fingerprint density at radius 3 is 2.20 bits per heavy atom. The number of aryl methyl sites for hydroxylation is 1. The molecule has 3 aromatic rings. The maximum atomic E-state index is 10.6.